The van der Waals surface area contributed by atoms with Gasteiger partial charge in [-0.3, -0.25) is 0 Å². The Morgan fingerprint density at radius 3 is 2.31 bits per heavy atom. The van der Waals surface area contributed by atoms with Crippen LogP contribution in [0.2, 0.25) is 0 Å². The minimum atomic E-state index is 0.558. The lowest BCUT2D eigenvalue weighted by molar-refractivity contribution is 0.130. The third kappa shape index (κ3) is 2.95. The van der Waals surface area contributed by atoms with Crippen LogP contribution in [0.1, 0.15) is 51.9 Å². The van der Waals surface area contributed by atoms with Crippen LogP contribution < -0.4 is 0 Å². The summed E-state index contributed by atoms with van der Waals surface area (Å²) in [5, 5.41) is 0. The number of nitrogens with zero attached hydrogens (tertiary/aromatic N) is 1. The van der Waals surface area contributed by atoms with Crippen LogP contribution in [-0.4, -0.2) is 30.3 Å². The van der Waals surface area contributed by atoms with Crippen LogP contribution in [0.15, 0.2) is 0 Å². The van der Waals surface area contributed by atoms with Crippen LogP contribution in [0.5, 0.6) is 0 Å². The van der Waals surface area contributed by atoms with Crippen molar-refractivity contribution >= 4 is 12.6 Å². The van der Waals surface area contributed by atoms with E-state index < -0.39 is 0 Å². The molecule has 0 unspecified atom stereocenters. The first-order valence-electron chi connectivity index (χ1n) is 7.11. The van der Waals surface area contributed by atoms with Crippen molar-refractivity contribution in [2.24, 2.45) is 11.3 Å². The molecule has 94 valence electrons. The maximum absolute atomic E-state index is 4.62. The fraction of sp³-hybridized carbons (Fsp3) is 1.00. The van der Waals surface area contributed by atoms with E-state index in [1.54, 1.807) is 0 Å². The van der Waals surface area contributed by atoms with Gasteiger partial charge in [-0.25, -0.2) is 0 Å². The third-order valence-electron chi connectivity index (χ3n) is 4.75. The number of rotatable bonds is 6. The summed E-state index contributed by atoms with van der Waals surface area (Å²) < 4.78 is 0. The van der Waals surface area contributed by atoms with Crippen LogP contribution in [0.4, 0.5) is 0 Å². The minimum Gasteiger partial charge on any atom is -0.303 e. The molecule has 0 amide bonds. The molecule has 1 nitrogen and oxygen atoms in total. The van der Waals surface area contributed by atoms with Gasteiger partial charge >= 0.3 is 0 Å². The molecule has 0 aromatic heterocycles. The zero-order valence-corrected chi connectivity index (χ0v) is 11.6. The van der Waals surface area contributed by atoms with E-state index in [0.29, 0.717) is 5.41 Å². The van der Waals surface area contributed by atoms with Gasteiger partial charge < -0.3 is 4.90 Å². The predicted octanol–water partition coefficient (Wildman–Crippen LogP) is 3.60. The lowest BCUT2D eigenvalue weighted by Gasteiger charge is -2.37. The molecule has 2 heteroatoms. The molecule has 0 N–H and O–H groups in total. The summed E-state index contributed by atoms with van der Waals surface area (Å²) in [6.45, 7) is 6.21. The van der Waals surface area contributed by atoms with Gasteiger partial charge in [-0.15, -0.1) is 0 Å². The van der Waals surface area contributed by atoms with Crippen LogP contribution in [0.3, 0.4) is 0 Å². The monoisotopic (exact) mass is 241 g/mol. The van der Waals surface area contributed by atoms with Gasteiger partial charge in [0, 0.05) is 13.1 Å². The first-order valence-corrected chi connectivity index (χ1v) is 7.74. The van der Waals surface area contributed by atoms with Crippen molar-refractivity contribution < 1.29 is 0 Å². The molecular formula is C14H27NS. The van der Waals surface area contributed by atoms with E-state index in [4.69, 9.17) is 0 Å². The van der Waals surface area contributed by atoms with E-state index in [2.05, 4.69) is 24.5 Å². The van der Waals surface area contributed by atoms with E-state index in [1.807, 2.05) is 0 Å². The van der Waals surface area contributed by atoms with Crippen molar-refractivity contribution in [1.82, 2.24) is 4.90 Å². The van der Waals surface area contributed by atoms with Crippen molar-refractivity contribution in [3.63, 3.8) is 0 Å². The zero-order chi connectivity index (χ0) is 11.4. The Morgan fingerprint density at radius 1 is 1.19 bits per heavy atom. The molecule has 0 bridgehead atoms. The molecule has 0 aromatic carbocycles. The highest BCUT2D eigenvalue weighted by Crippen LogP contribution is 2.40. The normalized spacial score (nSPS) is 24.9. The Morgan fingerprint density at radius 2 is 1.88 bits per heavy atom. The molecule has 0 atom stereocenters. The summed E-state index contributed by atoms with van der Waals surface area (Å²) >= 11 is 4.62. The lowest BCUT2D eigenvalue weighted by Crippen LogP contribution is -2.41. The average molecular weight is 241 g/mol. The summed E-state index contributed by atoms with van der Waals surface area (Å²) in [7, 11) is 0. The highest BCUT2D eigenvalue weighted by atomic mass is 32.1. The van der Waals surface area contributed by atoms with Crippen molar-refractivity contribution in [2.45, 2.75) is 51.9 Å². The molecule has 0 radical (unpaired) electrons. The fourth-order valence-electron chi connectivity index (χ4n) is 3.31. The van der Waals surface area contributed by atoms with Gasteiger partial charge in [0.1, 0.15) is 0 Å². The van der Waals surface area contributed by atoms with Gasteiger partial charge in [-0.2, -0.15) is 12.6 Å². The number of thiol groups is 1. The van der Waals surface area contributed by atoms with E-state index in [0.717, 1.165) is 11.7 Å². The molecule has 2 aliphatic rings. The average Bonchev–Trinajstić information content (AvgIpc) is 2.71. The first kappa shape index (κ1) is 12.8. The van der Waals surface area contributed by atoms with E-state index in [-0.39, 0.29) is 0 Å². The zero-order valence-electron chi connectivity index (χ0n) is 10.7. The van der Waals surface area contributed by atoms with Gasteiger partial charge in [0.2, 0.25) is 0 Å². The SMILES string of the molecule is CCN(CC1CCC1)CC1(CS)CCCC1. The molecule has 0 spiro atoms. The molecule has 0 aromatic rings. The van der Waals surface area contributed by atoms with Crippen LogP contribution in [-0.2, 0) is 0 Å². The van der Waals surface area contributed by atoms with Crippen LogP contribution in [0.25, 0.3) is 0 Å². The Kier molecular flexibility index (Phi) is 4.60. The first-order chi connectivity index (χ1) is 7.78. The van der Waals surface area contributed by atoms with Gasteiger partial charge in [0.25, 0.3) is 0 Å². The topological polar surface area (TPSA) is 3.24 Å². The van der Waals surface area contributed by atoms with Gasteiger partial charge in [-0.05, 0) is 49.3 Å². The van der Waals surface area contributed by atoms with Crippen molar-refractivity contribution in [1.29, 1.82) is 0 Å². The Hall–Kier alpha value is 0.310. The maximum Gasteiger partial charge on any atom is 0.00458 e. The van der Waals surface area contributed by atoms with Gasteiger partial charge in [0.15, 0.2) is 0 Å². The second kappa shape index (κ2) is 5.77. The summed E-state index contributed by atoms with van der Waals surface area (Å²) in [5.74, 6) is 2.10. The summed E-state index contributed by atoms with van der Waals surface area (Å²) in [5.41, 5.74) is 0.558. The van der Waals surface area contributed by atoms with E-state index >= 15 is 0 Å². The minimum absolute atomic E-state index is 0.558. The standard InChI is InChI=1S/C14H27NS/c1-2-15(10-13-6-5-7-13)11-14(12-16)8-3-4-9-14/h13,16H,2-12H2,1H3. The largest absolute Gasteiger partial charge is 0.303 e. The van der Waals surface area contributed by atoms with Gasteiger partial charge in [0.05, 0.1) is 0 Å². The quantitative estimate of drug-likeness (QED) is 0.695. The fourth-order valence-corrected chi connectivity index (χ4v) is 3.73. The summed E-state index contributed by atoms with van der Waals surface area (Å²) in [6, 6.07) is 0. The highest BCUT2D eigenvalue weighted by molar-refractivity contribution is 7.80. The molecule has 16 heavy (non-hydrogen) atoms. The molecule has 2 rings (SSSR count). The van der Waals surface area contributed by atoms with Crippen molar-refractivity contribution in [3.05, 3.63) is 0 Å². The van der Waals surface area contributed by atoms with Crippen LogP contribution in [0, 0.1) is 11.3 Å². The lowest BCUT2D eigenvalue weighted by atomic mass is 9.83. The predicted molar refractivity (Wildman–Crippen MR) is 74.2 cm³/mol. The molecular weight excluding hydrogens is 214 g/mol. The van der Waals surface area contributed by atoms with E-state index in [9.17, 15) is 0 Å². The van der Waals surface area contributed by atoms with Crippen molar-refractivity contribution in [3.8, 4) is 0 Å². The van der Waals surface area contributed by atoms with E-state index in [1.165, 1.54) is 64.6 Å². The molecule has 2 aliphatic carbocycles. The summed E-state index contributed by atoms with van der Waals surface area (Å²) in [6.07, 6.45) is 10.1. The Balaban J connectivity index is 1.83. The number of hydrogen-bond donors (Lipinski definition) is 1. The number of hydrogen-bond acceptors (Lipinski definition) is 2. The second-order valence-electron chi connectivity index (χ2n) is 5.99. The molecule has 0 heterocycles. The summed E-state index contributed by atoms with van der Waals surface area (Å²) in [4.78, 5) is 2.70. The molecule has 2 saturated carbocycles. The van der Waals surface area contributed by atoms with Crippen LogP contribution >= 0.6 is 12.6 Å². The Labute approximate surface area is 106 Å². The smallest absolute Gasteiger partial charge is 0.00458 e. The molecule has 0 aliphatic heterocycles. The maximum atomic E-state index is 4.62. The third-order valence-corrected chi connectivity index (χ3v) is 5.42. The second-order valence-corrected chi connectivity index (χ2v) is 6.31. The molecule has 2 fully saturated rings. The molecule has 0 saturated heterocycles. The van der Waals surface area contributed by atoms with Crippen molar-refractivity contribution in [2.75, 3.05) is 25.4 Å². The Bertz CT molecular complexity index is 207. The highest BCUT2D eigenvalue weighted by Gasteiger charge is 2.34. The van der Waals surface area contributed by atoms with Gasteiger partial charge in [-0.1, -0.05) is 26.2 Å².